The number of pyridine rings is 1. The Morgan fingerprint density at radius 2 is 1.94 bits per heavy atom. The van der Waals surface area contributed by atoms with E-state index in [1.807, 2.05) is 26.0 Å². The fourth-order valence-electron chi connectivity index (χ4n) is 4.84. The average Bonchev–Trinajstić information content (AvgIpc) is 3.30. The maximum absolute atomic E-state index is 12.8. The second-order valence-electron chi connectivity index (χ2n) is 8.98. The molecule has 0 aromatic carbocycles. The molecular weight excluding hydrogens is 398 g/mol. The molecule has 31 heavy (non-hydrogen) atoms. The summed E-state index contributed by atoms with van der Waals surface area (Å²) in [4.78, 5) is 45.7. The molecule has 1 aromatic rings. The van der Waals surface area contributed by atoms with Crippen LogP contribution in [0.5, 0.6) is 0 Å². The van der Waals surface area contributed by atoms with E-state index in [1.165, 1.54) is 0 Å². The van der Waals surface area contributed by atoms with Crippen LogP contribution in [0.1, 0.15) is 52.0 Å². The number of hydrogen-bond donors (Lipinski definition) is 2. The molecule has 9 heteroatoms. The Morgan fingerprint density at radius 3 is 2.55 bits per heavy atom. The summed E-state index contributed by atoms with van der Waals surface area (Å²) < 4.78 is 5.76. The van der Waals surface area contributed by atoms with E-state index in [4.69, 9.17) is 4.74 Å². The Kier molecular flexibility index (Phi) is 5.88. The zero-order chi connectivity index (χ0) is 22.2. The summed E-state index contributed by atoms with van der Waals surface area (Å²) in [7, 11) is 0. The van der Waals surface area contributed by atoms with E-state index >= 15 is 0 Å². The van der Waals surface area contributed by atoms with Crippen molar-refractivity contribution in [1.29, 1.82) is 0 Å². The van der Waals surface area contributed by atoms with Crippen molar-refractivity contribution in [2.45, 2.75) is 76.8 Å². The van der Waals surface area contributed by atoms with E-state index in [-0.39, 0.29) is 30.6 Å². The monoisotopic (exact) mass is 429 g/mol. The number of urea groups is 1. The molecule has 3 unspecified atom stereocenters. The highest BCUT2D eigenvalue weighted by molar-refractivity contribution is 6.09. The summed E-state index contributed by atoms with van der Waals surface area (Å²) in [5.74, 6) is 0.239. The number of nitrogens with one attached hydrogen (secondary N) is 2. The van der Waals surface area contributed by atoms with Crippen molar-refractivity contribution in [3.05, 3.63) is 23.9 Å². The minimum atomic E-state index is -0.865. The van der Waals surface area contributed by atoms with E-state index < -0.39 is 17.6 Å². The third-order valence-corrected chi connectivity index (χ3v) is 6.44. The van der Waals surface area contributed by atoms with Gasteiger partial charge < -0.3 is 20.3 Å². The number of morpholine rings is 1. The third-order valence-electron chi connectivity index (χ3n) is 6.44. The Hall–Kier alpha value is -2.68. The van der Waals surface area contributed by atoms with Crippen molar-refractivity contribution < 1.29 is 19.1 Å². The lowest BCUT2D eigenvalue weighted by Crippen LogP contribution is -2.49. The zero-order valence-electron chi connectivity index (χ0n) is 18.4. The number of imide groups is 1. The molecule has 3 fully saturated rings. The second-order valence-corrected chi connectivity index (χ2v) is 8.98. The number of rotatable bonds is 5. The molecule has 3 aliphatic rings. The van der Waals surface area contributed by atoms with Crippen molar-refractivity contribution in [2.75, 3.05) is 18.0 Å². The lowest BCUT2D eigenvalue weighted by atomic mass is 9.97. The summed E-state index contributed by atoms with van der Waals surface area (Å²) in [6, 6.07) is 2.53. The fraction of sp³-hybridized carbons (Fsp3) is 0.636. The van der Waals surface area contributed by atoms with Gasteiger partial charge in [-0.2, -0.15) is 0 Å². The summed E-state index contributed by atoms with van der Waals surface area (Å²) in [5, 5.41) is 5.64. The van der Waals surface area contributed by atoms with E-state index in [2.05, 4.69) is 20.5 Å². The van der Waals surface area contributed by atoms with Gasteiger partial charge in [0.05, 0.1) is 12.2 Å². The standard InChI is InChI=1S/C22H31N5O4/c1-14-12-26(13-15(2)31-14)18-7-6-17(10-23-18)11-24-19(28)16(3)27-20(29)22(25-21(27)30)8-4-5-9-22/h6-7,10,14-16H,4-5,8-9,11-13H2,1-3H3,(H,24,28)(H,25,30). The Labute approximate surface area is 182 Å². The van der Waals surface area contributed by atoms with Gasteiger partial charge in [0.2, 0.25) is 5.91 Å². The van der Waals surface area contributed by atoms with Crippen LogP contribution in [0.15, 0.2) is 18.3 Å². The van der Waals surface area contributed by atoms with Crippen LogP contribution in [-0.4, -0.2) is 64.6 Å². The summed E-state index contributed by atoms with van der Waals surface area (Å²) >= 11 is 0. The van der Waals surface area contributed by atoms with Gasteiger partial charge in [-0.25, -0.2) is 14.7 Å². The fourth-order valence-corrected chi connectivity index (χ4v) is 4.84. The molecule has 3 heterocycles. The van der Waals surface area contributed by atoms with Crippen molar-refractivity contribution in [3.8, 4) is 0 Å². The van der Waals surface area contributed by atoms with Crippen LogP contribution < -0.4 is 15.5 Å². The minimum absolute atomic E-state index is 0.153. The number of anilines is 1. The van der Waals surface area contributed by atoms with Crippen LogP contribution >= 0.6 is 0 Å². The van der Waals surface area contributed by atoms with Crippen molar-refractivity contribution in [1.82, 2.24) is 20.5 Å². The third kappa shape index (κ3) is 4.23. The zero-order valence-corrected chi connectivity index (χ0v) is 18.4. The smallest absolute Gasteiger partial charge is 0.325 e. The molecule has 1 aromatic heterocycles. The number of carbonyl (C=O) groups excluding carboxylic acids is 3. The van der Waals surface area contributed by atoms with Crippen LogP contribution in [0, 0.1) is 0 Å². The lowest BCUT2D eigenvalue weighted by molar-refractivity contribution is -0.137. The first-order chi connectivity index (χ1) is 14.8. The van der Waals surface area contributed by atoms with Crippen molar-refractivity contribution in [2.24, 2.45) is 0 Å². The molecule has 2 aliphatic heterocycles. The number of ether oxygens (including phenoxy) is 1. The number of nitrogens with zero attached hydrogens (tertiary/aromatic N) is 3. The predicted molar refractivity (Wildman–Crippen MR) is 114 cm³/mol. The normalized spacial score (nSPS) is 26.3. The summed E-state index contributed by atoms with van der Waals surface area (Å²) in [5.41, 5.74) is 0.0444. The van der Waals surface area contributed by atoms with Gasteiger partial charge in [0, 0.05) is 25.8 Å². The first-order valence-electron chi connectivity index (χ1n) is 11.1. The largest absolute Gasteiger partial charge is 0.372 e. The van der Waals surface area contributed by atoms with Gasteiger partial charge in [0.25, 0.3) is 5.91 Å². The van der Waals surface area contributed by atoms with E-state index in [0.717, 1.165) is 42.2 Å². The number of hydrogen-bond acceptors (Lipinski definition) is 6. The molecule has 4 rings (SSSR count). The van der Waals surface area contributed by atoms with Gasteiger partial charge >= 0.3 is 6.03 Å². The molecule has 3 atom stereocenters. The molecule has 2 saturated heterocycles. The second kappa shape index (κ2) is 8.45. The highest BCUT2D eigenvalue weighted by Crippen LogP contribution is 2.35. The van der Waals surface area contributed by atoms with E-state index in [9.17, 15) is 14.4 Å². The van der Waals surface area contributed by atoms with Gasteiger partial charge in [-0.3, -0.25) is 9.59 Å². The van der Waals surface area contributed by atoms with Crippen LogP contribution in [0.4, 0.5) is 10.6 Å². The molecule has 4 amide bonds. The first kappa shape index (κ1) is 21.5. The van der Waals surface area contributed by atoms with E-state index in [1.54, 1.807) is 13.1 Å². The Balaban J connectivity index is 1.33. The Morgan fingerprint density at radius 1 is 1.26 bits per heavy atom. The number of amides is 4. The lowest BCUT2D eigenvalue weighted by Gasteiger charge is -2.36. The van der Waals surface area contributed by atoms with Gasteiger partial charge in [0.1, 0.15) is 17.4 Å². The van der Waals surface area contributed by atoms with E-state index in [0.29, 0.717) is 12.8 Å². The van der Waals surface area contributed by atoms with Crippen LogP contribution in [0.3, 0.4) is 0 Å². The van der Waals surface area contributed by atoms with Crippen LogP contribution in [0.2, 0.25) is 0 Å². The molecule has 0 bridgehead atoms. The van der Waals surface area contributed by atoms with Crippen molar-refractivity contribution in [3.63, 3.8) is 0 Å². The molecular formula is C22H31N5O4. The highest BCUT2D eigenvalue weighted by atomic mass is 16.5. The topological polar surface area (TPSA) is 104 Å². The summed E-state index contributed by atoms with van der Waals surface area (Å²) in [6.45, 7) is 7.54. The number of aromatic nitrogens is 1. The van der Waals surface area contributed by atoms with Gasteiger partial charge in [-0.1, -0.05) is 18.9 Å². The molecule has 0 radical (unpaired) electrons. The average molecular weight is 430 g/mol. The Bertz CT molecular complexity index is 842. The molecule has 1 saturated carbocycles. The maximum atomic E-state index is 12.8. The summed E-state index contributed by atoms with van der Waals surface area (Å²) in [6.07, 6.45) is 5.14. The van der Waals surface area contributed by atoms with Crippen molar-refractivity contribution >= 4 is 23.7 Å². The molecule has 9 nitrogen and oxygen atoms in total. The van der Waals surface area contributed by atoms with Gasteiger partial charge in [-0.05, 0) is 45.2 Å². The van der Waals surface area contributed by atoms with Gasteiger partial charge in [-0.15, -0.1) is 0 Å². The quantitative estimate of drug-likeness (QED) is 0.689. The molecule has 168 valence electrons. The molecule has 1 spiro atoms. The minimum Gasteiger partial charge on any atom is -0.372 e. The highest BCUT2D eigenvalue weighted by Gasteiger charge is 2.54. The van der Waals surface area contributed by atoms with Crippen LogP contribution in [0.25, 0.3) is 0 Å². The number of carbonyl (C=O) groups is 3. The molecule has 1 aliphatic carbocycles. The maximum Gasteiger partial charge on any atom is 0.325 e. The SMILES string of the molecule is CC1CN(c2ccc(CNC(=O)C(C)N3C(=O)NC4(CCCC4)C3=O)cn2)CC(C)O1. The molecule has 2 N–H and O–H groups in total. The van der Waals surface area contributed by atoms with Gasteiger partial charge in [0.15, 0.2) is 0 Å². The first-order valence-corrected chi connectivity index (χ1v) is 11.1. The van der Waals surface area contributed by atoms with Crippen LogP contribution in [-0.2, 0) is 20.9 Å². The predicted octanol–water partition coefficient (Wildman–Crippen LogP) is 1.56.